The molecule has 1 heterocycles. The van der Waals surface area contributed by atoms with Gasteiger partial charge in [0.25, 0.3) is 5.91 Å². The van der Waals surface area contributed by atoms with Crippen LogP contribution in [0.15, 0.2) is 48.5 Å². The molecule has 1 saturated heterocycles. The molecule has 27 heavy (non-hydrogen) atoms. The average Bonchev–Trinajstić information content (AvgIpc) is 3.09. The Bertz CT molecular complexity index is 851. The van der Waals surface area contributed by atoms with Crippen molar-refractivity contribution in [3.63, 3.8) is 0 Å². The van der Waals surface area contributed by atoms with E-state index in [-0.39, 0.29) is 18.9 Å². The number of carbonyl (C=O) groups excluding carboxylic acids is 3. The lowest BCUT2D eigenvalue weighted by Gasteiger charge is -2.16. The molecule has 2 amide bonds. The first-order valence-electron chi connectivity index (χ1n) is 8.62. The van der Waals surface area contributed by atoms with Gasteiger partial charge in [-0.05, 0) is 42.3 Å². The average molecular weight is 387 g/mol. The molecular formula is C20H19ClN2O4. The Balaban J connectivity index is 1.47. The lowest BCUT2D eigenvalue weighted by Crippen LogP contribution is -2.24. The smallest absolute Gasteiger partial charge is 0.310 e. The molecule has 2 aromatic rings. The van der Waals surface area contributed by atoms with E-state index in [0.717, 1.165) is 12.1 Å². The predicted molar refractivity (Wildman–Crippen MR) is 103 cm³/mol. The normalized spacial score (nSPS) is 13.5. The zero-order chi connectivity index (χ0) is 19.2. The largest absolute Gasteiger partial charge is 0.455 e. The van der Waals surface area contributed by atoms with Crippen molar-refractivity contribution < 1.29 is 19.1 Å². The van der Waals surface area contributed by atoms with Gasteiger partial charge < -0.3 is 15.0 Å². The number of carbonyl (C=O) groups is 3. The summed E-state index contributed by atoms with van der Waals surface area (Å²) in [5.41, 5.74) is 2.02. The Kier molecular flexibility index (Phi) is 6.08. The van der Waals surface area contributed by atoms with Gasteiger partial charge in [-0.3, -0.25) is 14.4 Å². The van der Waals surface area contributed by atoms with Crippen LogP contribution in [0, 0.1) is 0 Å². The van der Waals surface area contributed by atoms with Gasteiger partial charge in [0.1, 0.15) is 0 Å². The molecule has 0 aliphatic carbocycles. The summed E-state index contributed by atoms with van der Waals surface area (Å²) in [5, 5.41) is 3.14. The molecule has 1 aliphatic heterocycles. The highest BCUT2D eigenvalue weighted by molar-refractivity contribution is 6.31. The fraction of sp³-hybridized carbons (Fsp3) is 0.250. The van der Waals surface area contributed by atoms with Crippen LogP contribution in [0.25, 0.3) is 0 Å². The fourth-order valence-corrected chi connectivity index (χ4v) is 3.04. The second kappa shape index (κ2) is 8.68. The number of rotatable bonds is 6. The van der Waals surface area contributed by atoms with Gasteiger partial charge in [-0.25, -0.2) is 0 Å². The first-order chi connectivity index (χ1) is 13.0. The van der Waals surface area contributed by atoms with Crippen LogP contribution in [0.2, 0.25) is 5.02 Å². The fourth-order valence-electron chi connectivity index (χ4n) is 2.84. The number of halogens is 1. The van der Waals surface area contributed by atoms with Gasteiger partial charge in [0.2, 0.25) is 5.91 Å². The number of nitrogens with zero attached hydrogens (tertiary/aromatic N) is 1. The summed E-state index contributed by atoms with van der Waals surface area (Å²) < 4.78 is 4.99. The number of hydrogen-bond acceptors (Lipinski definition) is 4. The Labute approximate surface area is 162 Å². The second-order valence-corrected chi connectivity index (χ2v) is 6.58. The molecule has 1 N–H and O–H groups in total. The van der Waals surface area contributed by atoms with Crippen LogP contribution in [-0.4, -0.2) is 30.9 Å². The third-order valence-corrected chi connectivity index (χ3v) is 4.56. The van der Waals surface area contributed by atoms with E-state index < -0.39 is 11.9 Å². The number of benzene rings is 2. The van der Waals surface area contributed by atoms with Crippen molar-refractivity contribution >= 4 is 40.8 Å². The quantitative estimate of drug-likeness (QED) is 0.773. The highest BCUT2D eigenvalue weighted by atomic mass is 35.5. The van der Waals surface area contributed by atoms with Crippen LogP contribution in [0.3, 0.4) is 0 Å². The Hall–Kier alpha value is -2.86. The molecule has 0 bridgehead atoms. The van der Waals surface area contributed by atoms with Crippen molar-refractivity contribution in [3.05, 3.63) is 59.1 Å². The summed E-state index contributed by atoms with van der Waals surface area (Å²) >= 11 is 6.00. The maximum Gasteiger partial charge on any atom is 0.310 e. The highest BCUT2D eigenvalue weighted by Crippen LogP contribution is 2.23. The minimum atomic E-state index is -0.527. The SMILES string of the molecule is O=C(COC(=O)Cc1ccccc1Cl)Nc1ccc(N2CCCC2=O)cc1. The summed E-state index contributed by atoms with van der Waals surface area (Å²) in [6, 6.07) is 14.0. The molecule has 0 saturated carbocycles. The Morgan fingerprint density at radius 3 is 2.52 bits per heavy atom. The molecule has 6 nitrogen and oxygen atoms in total. The standard InChI is InChI=1S/C20H19ClN2O4/c21-17-5-2-1-4-14(17)12-20(26)27-13-18(24)22-15-7-9-16(10-8-15)23-11-3-6-19(23)25/h1-2,4-5,7-10H,3,6,11-13H2,(H,22,24). The summed E-state index contributed by atoms with van der Waals surface area (Å²) in [5.74, 6) is -0.856. The van der Waals surface area contributed by atoms with Gasteiger partial charge in [0.05, 0.1) is 6.42 Å². The first-order valence-corrected chi connectivity index (χ1v) is 9.00. The molecule has 0 radical (unpaired) electrons. The van der Waals surface area contributed by atoms with Gasteiger partial charge in [0.15, 0.2) is 6.61 Å². The lowest BCUT2D eigenvalue weighted by atomic mass is 10.1. The van der Waals surface area contributed by atoms with E-state index in [0.29, 0.717) is 29.2 Å². The number of esters is 1. The zero-order valence-electron chi connectivity index (χ0n) is 14.6. The van der Waals surface area contributed by atoms with Crippen LogP contribution >= 0.6 is 11.6 Å². The topological polar surface area (TPSA) is 75.7 Å². The number of nitrogens with one attached hydrogen (secondary N) is 1. The number of ether oxygens (including phenoxy) is 1. The Morgan fingerprint density at radius 2 is 1.85 bits per heavy atom. The van der Waals surface area contributed by atoms with Gasteiger partial charge in [0, 0.05) is 29.4 Å². The molecule has 140 valence electrons. The molecule has 0 atom stereocenters. The molecule has 0 aromatic heterocycles. The van der Waals surface area contributed by atoms with Crippen molar-refractivity contribution in [2.45, 2.75) is 19.3 Å². The monoisotopic (exact) mass is 386 g/mol. The van der Waals surface area contributed by atoms with Gasteiger partial charge in [-0.1, -0.05) is 29.8 Å². The Morgan fingerprint density at radius 1 is 1.11 bits per heavy atom. The van der Waals surface area contributed by atoms with Crippen molar-refractivity contribution in [2.24, 2.45) is 0 Å². The highest BCUT2D eigenvalue weighted by Gasteiger charge is 2.21. The van der Waals surface area contributed by atoms with Crippen molar-refractivity contribution in [1.29, 1.82) is 0 Å². The molecule has 3 rings (SSSR count). The maximum absolute atomic E-state index is 12.0. The van der Waals surface area contributed by atoms with Crippen molar-refractivity contribution in [3.8, 4) is 0 Å². The third kappa shape index (κ3) is 5.08. The van der Waals surface area contributed by atoms with Gasteiger partial charge in [-0.2, -0.15) is 0 Å². The van der Waals surface area contributed by atoms with Crippen LogP contribution < -0.4 is 10.2 Å². The third-order valence-electron chi connectivity index (χ3n) is 4.19. The molecule has 1 fully saturated rings. The van der Waals surface area contributed by atoms with Crippen LogP contribution in [0.4, 0.5) is 11.4 Å². The van der Waals surface area contributed by atoms with E-state index in [1.165, 1.54) is 0 Å². The van der Waals surface area contributed by atoms with E-state index >= 15 is 0 Å². The summed E-state index contributed by atoms with van der Waals surface area (Å²) in [4.78, 5) is 37.3. The lowest BCUT2D eigenvalue weighted by molar-refractivity contribution is -0.146. The minimum Gasteiger partial charge on any atom is -0.455 e. The van der Waals surface area contributed by atoms with Crippen molar-refractivity contribution in [1.82, 2.24) is 0 Å². The minimum absolute atomic E-state index is 0.00547. The number of anilines is 2. The van der Waals surface area contributed by atoms with E-state index in [2.05, 4.69) is 5.32 Å². The van der Waals surface area contributed by atoms with Crippen LogP contribution in [0.5, 0.6) is 0 Å². The molecule has 0 spiro atoms. The van der Waals surface area contributed by atoms with Gasteiger partial charge in [-0.15, -0.1) is 0 Å². The second-order valence-electron chi connectivity index (χ2n) is 6.17. The van der Waals surface area contributed by atoms with Crippen LogP contribution in [-0.2, 0) is 25.5 Å². The molecule has 0 unspecified atom stereocenters. The summed E-state index contributed by atoms with van der Waals surface area (Å²) in [7, 11) is 0. The summed E-state index contributed by atoms with van der Waals surface area (Å²) in [6.45, 7) is 0.335. The van der Waals surface area contributed by atoms with E-state index in [9.17, 15) is 14.4 Å². The molecule has 1 aliphatic rings. The van der Waals surface area contributed by atoms with E-state index in [1.807, 2.05) is 0 Å². The molecule has 7 heteroatoms. The van der Waals surface area contributed by atoms with Crippen LogP contribution in [0.1, 0.15) is 18.4 Å². The van der Waals surface area contributed by atoms with Gasteiger partial charge >= 0.3 is 5.97 Å². The predicted octanol–water partition coefficient (Wildman–Crippen LogP) is 3.19. The van der Waals surface area contributed by atoms with E-state index in [1.54, 1.807) is 53.4 Å². The molecule has 2 aromatic carbocycles. The summed E-state index contributed by atoms with van der Waals surface area (Å²) in [6.07, 6.45) is 1.43. The zero-order valence-corrected chi connectivity index (χ0v) is 15.4. The number of hydrogen-bond donors (Lipinski definition) is 1. The first kappa shape index (κ1) is 18.9. The molecular weight excluding hydrogens is 368 g/mol. The number of amides is 2. The van der Waals surface area contributed by atoms with Crippen molar-refractivity contribution in [2.75, 3.05) is 23.4 Å². The van der Waals surface area contributed by atoms with E-state index in [4.69, 9.17) is 16.3 Å². The maximum atomic E-state index is 12.0.